The Balaban J connectivity index is 1.32. The lowest BCUT2D eigenvalue weighted by molar-refractivity contribution is -0.134. The molecule has 1 aliphatic carbocycles. The molecule has 0 bridgehead atoms. The Morgan fingerprint density at radius 3 is 2.42 bits per heavy atom. The summed E-state index contributed by atoms with van der Waals surface area (Å²) in [4.78, 5) is 30.6. The van der Waals surface area contributed by atoms with Gasteiger partial charge in [-0.3, -0.25) is 9.69 Å². The first-order valence-electron chi connectivity index (χ1n) is 10.0. The van der Waals surface area contributed by atoms with E-state index in [9.17, 15) is 9.59 Å². The number of rotatable bonds is 5. The van der Waals surface area contributed by atoms with Crippen molar-refractivity contribution in [1.29, 1.82) is 0 Å². The molecule has 0 unspecified atom stereocenters. The van der Waals surface area contributed by atoms with Crippen LogP contribution in [0.1, 0.15) is 32.1 Å². The number of hydrogen-bond acceptors (Lipinski definition) is 4. The molecule has 0 aromatic carbocycles. The highest BCUT2D eigenvalue weighted by Gasteiger charge is 2.25. The fraction of sp³-hybridized carbons (Fsp3) is 0.789. The van der Waals surface area contributed by atoms with Gasteiger partial charge < -0.3 is 19.9 Å². The van der Waals surface area contributed by atoms with Crippen LogP contribution in [0.25, 0.3) is 0 Å². The minimum atomic E-state index is 0.00156. The van der Waals surface area contributed by atoms with Crippen LogP contribution in [0.5, 0.6) is 0 Å². The molecule has 0 aromatic heterocycles. The van der Waals surface area contributed by atoms with Crippen LogP contribution < -0.4 is 5.32 Å². The van der Waals surface area contributed by atoms with Crippen molar-refractivity contribution in [1.82, 2.24) is 20.0 Å². The number of carbonyl (C=O) groups excluding carboxylic acids is 2. The molecule has 7 heteroatoms. The van der Waals surface area contributed by atoms with E-state index in [0.29, 0.717) is 52.5 Å². The van der Waals surface area contributed by atoms with E-state index in [1.54, 1.807) is 0 Å². The molecule has 2 fully saturated rings. The number of morpholine rings is 1. The Labute approximate surface area is 156 Å². The van der Waals surface area contributed by atoms with Crippen LogP contribution in [0.15, 0.2) is 11.6 Å². The number of nitrogens with one attached hydrogen (secondary N) is 1. The topological polar surface area (TPSA) is 65.1 Å². The molecule has 26 heavy (non-hydrogen) atoms. The van der Waals surface area contributed by atoms with Gasteiger partial charge in [0.15, 0.2) is 0 Å². The van der Waals surface area contributed by atoms with E-state index in [-0.39, 0.29) is 11.9 Å². The number of allylic oxidation sites excluding steroid dienone is 1. The highest BCUT2D eigenvalue weighted by Crippen LogP contribution is 2.19. The molecular formula is C19H32N4O3. The molecule has 0 aromatic rings. The Morgan fingerprint density at radius 2 is 1.73 bits per heavy atom. The molecule has 3 rings (SSSR count). The van der Waals surface area contributed by atoms with Gasteiger partial charge in [0.1, 0.15) is 0 Å². The van der Waals surface area contributed by atoms with Crippen LogP contribution in [0.2, 0.25) is 0 Å². The predicted octanol–water partition coefficient (Wildman–Crippen LogP) is 1.06. The van der Waals surface area contributed by atoms with Gasteiger partial charge in [-0.2, -0.15) is 0 Å². The van der Waals surface area contributed by atoms with Crippen LogP contribution in [0.4, 0.5) is 4.79 Å². The fourth-order valence-corrected chi connectivity index (χ4v) is 3.78. The summed E-state index contributed by atoms with van der Waals surface area (Å²) in [6, 6.07) is 0.00156. The molecule has 3 aliphatic rings. The van der Waals surface area contributed by atoms with E-state index in [1.165, 1.54) is 31.3 Å². The van der Waals surface area contributed by atoms with E-state index >= 15 is 0 Å². The molecule has 2 aliphatic heterocycles. The molecule has 7 nitrogen and oxygen atoms in total. The predicted molar refractivity (Wildman–Crippen MR) is 100.0 cm³/mol. The largest absolute Gasteiger partial charge is 0.379 e. The van der Waals surface area contributed by atoms with Gasteiger partial charge in [-0.25, -0.2) is 4.79 Å². The van der Waals surface area contributed by atoms with Gasteiger partial charge in [0, 0.05) is 45.8 Å². The van der Waals surface area contributed by atoms with Gasteiger partial charge in [-0.05, 0) is 32.1 Å². The fourth-order valence-electron chi connectivity index (χ4n) is 3.78. The maximum absolute atomic E-state index is 12.4. The summed E-state index contributed by atoms with van der Waals surface area (Å²) in [7, 11) is 0. The van der Waals surface area contributed by atoms with Crippen LogP contribution in [0.3, 0.4) is 0 Å². The van der Waals surface area contributed by atoms with Crippen molar-refractivity contribution < 1.29 is 14.3 Å². The minimum Gasteiger partial charge on any atom is -0.379 e. The average Bonchev–Trinajstić information content (AvgIpc) is 2.69. The Morgan fingerprint density at radius 1 is 1.00 bits per heavy atom. The molecule has 0 atom stereocenters. The molecule has 3 amide bonds. The first-order valence-corrected chi connectivity index (χ1v) is 10.0. The number of carbonyl (C=O) groups is 2. The van der Waals surface area contributed by atoms with E-state index in [4.69, 9.17) is 4.74 Å². The molecule has 1 N–H and O–H groups in total. The Bertz CT molecular complexity index is 509. The maximum atomic E-state index is 12.4. The second kappa shape index (κ2) is 9.92. The average molecular weight is 364 g/mol. The summed E-state index contributed by atoms with van der Waals surface area (Å²) in [5, 5.41) is 3.03. The van der Waals surface area contributed by atoms with E-state index < -0.39 is 0 Å². The second-order valence-electron chi connectivity index (χ2n) is 7.35. The SMILES string of the molecule is O=C(CN1CCOCC1)N1CCN(C(=O)NCCC2=CCCCC2)CC1. The lowest BCUT2D eigenvalue weighted by Crippen LogP contribution is -2.55. The van der Waals surface area contributed by atoms with Crippen molar-refractivity contribution in [2.75, 3.05) is 65.6 Å². The summed E-state index contributed by atoms with van der Waals surface area (Å²) in [6.07, 6.45) is 8.23. The first kappa shape index (κ1) is 19.2. The van der Waals surface area contributed by atoms with E-state index in [0.717, 1.165) is 19.5 Å². The van der Waals surface area contributed by atoms with Crippen molar-refractivity contribution in [3.05, 3.63) is 11.6 Å². The maximum Gasteiger partial charge on any atom is 0.317 e. The smallest absolute Gasteiger partial charge is 0.317 e. The van der Waals surface area contributed by atoms with Gasteiger partial charge in [-0.1, -0.05) is 11.6 Å². The van der Waals surface area contributed by atoms with Crippen LogP contribution in [-0.2, 0) is 9.53 Å². The Kier molecular flexibility index (Phi) is 7.32. The van der Waals surface area contributed by atoms with Gasteiger partial charge >= 0.3 is 6.03 Å². The molecule has 146 valence electrons. The monoisotopic (exact) mass is 364 g/mol. The normalized spacial score (nSPS) is 22.1. The van der Waals surface area contributed by atoms with Crippen LogP contribution in [-0.4, -0.2) is 92.2 Å². The number of amides is 3. The van der Waals surface area contributed by atoms with Gasteiger partial charge in [0.25, 0.3) is 0 Å². The highest BCUT2D eigenvalue weighted by atomic mass is 16.5. The summed E-state index contributed by atoms with van der Waals surface area (Å²) in [5.74, 6) is 0.163. The highest BCUT2D eigenvalue weighted by molar-refractivity contribution is 5.79. The van der Waals surface area contributed by atoms with Crippen molar-refractivity contribution >= 4 is 11.9 Å². The molecular weight excluding hydrogens is 332 g/mol. The van der Waals surface area contributed by atoms with Crippen molar-refractivity contribution in [2.24, 2.45) is 0 Å². The van der Waals surface area contributed by atoms with Gasteiger partial charge in [-0.15, -0.1) is 0 Å². The molecule has 2 saturated heterocycles. The van der Waals surface area contributed by atoms with Gasteiger partial charge in [0.2, 0.25) is 5.91 Å². The van der Waals surface area contributed by atoms with Crippen molar-refractivity contribution in [3.8, 4) is 0 Å². The molecule has 0 saturated carbocycles. The lowest BCUT2D eigenvalue weighted by Gasteiger charge is -2.36. The number of piperazine rings is 1. The van der Waals surface area contributed by atoms with Crippen LogP contribution >= 0.6 is 0 Å². The standard InChI is InChI=1S/C19H32N4O3/c24-18(16-21-12-14-26-15-13-21)22-8-10-23(11-9-22)19(25)20-7-6-17-4-2-1-3-5-17/h4H,1-3,5-16H2,(H,20,25). The van der Waals surface area contributed by atoms with Crippen molar-refractivity contribution in [3.63, 3.8) is 0 Å². The molecule has 0 spiro atoms. The lowest BCUT2D eigenvalue weighted by atomic mass is 9.97. The van der Waals surface area contributed by atoms with E-state index in [1.807, 2.05) is 9.80 Å². The first-order chi connectivity index (χ1) is 12.7. The summed E-state index contributed by atoms with van der Waals surface area (Å²) in [6.45, 7) is 6.72. The minimum absolute atomic E-state index is 0.00156. The third kappa shape index (κ3) is 5.71. The summed E-state index contributed by atoms with van der Waals surface area (Å²) in [5.41, 5.74) is 1.48. The van der Waals surface area contributed by atoms with E-state index in [2.05, 4.69) is 16.3 Å². The zero-order chi connectivity index (χ0) is 18.2. The van der Waals surface area contributed by atoms with Gasteiger partial charge in [0.05, 0.1) is 19.8 Å². The molecule has 0 radical (unpaired) electrons. The molecule has 2 heterocycles. The number of nitrogens with zero attached hydrogens (tertiary/aromatic N) is 3. The number of hydrogen-bond donors (Lipinski definition) is 1. The third-order valence-electron chi connectivity index (χ3n) is 5.49. The summed E-state index contributed by atoms with van der Waals surface area (Å²) < 4.78 is 5.32. The quantitative estimate of drug-likeness (QED) is 0.741. The zero-order valence-electron chi connectivity index (χ0n) is 15.8. The van der Waals surface area contributed by atoms with Crippen LogP contribution in [0, 0.1) is 0 Å². The second-order valence-corrected chi connectivity index (χ2v) is 7.35. The zero-order valence-corrected chi connectivity index (χ0v) is 15.8. The third-order valence-corrected chi connectivity index (χ3v) is 5.49. The number of urea groups is 1. The van der Waals surface area contributed by atoms with Crippen molar-refractivity contribution in [2.45, 2.75) is 32.1 Å². The summed E-state index contributed by atoms with van der Waals surface area (Å²) >= 11 is 0. The Hall–Kier alpha value is -1.60. The number of ether oxygens (including phenoxy) is 1.